The summed E-state index contributed by atoms with van der Waals surface area (Å²) >= 11 is 3.51. The van der Waals surface area contributed by atoms with E-state index in [0.717, 1.165) is 181 Å². The van der Waals surface area contributed by atoms with Crippen LogP contribution in [-0.2, 0) is 0 Å². The molecule has 0 saturated carbocycles. The summed E-state index contributed by atoms with van der Waals surface area (Å²) in [5.41, 5.74) is 28.4. The second-order valence-electron chi connectivity index (χ2n) is 33.8. The lowest BCUT2D eigenvalue weighted by Crippen LogP contribution is -2.65. The molecule has 25 rings (SSSR count). The van der Waals surface area contributed by atoms with Crippen molar-refractivity contribution in [3.63, 3.8) is 0 Å². The van der Waals surface area contributed by atoms with Gasteiger partial charge in [0.2, 0.25) is 0 Å². The second kappa shape index (κ2) is 28.8. The molecule has 14 heteroatoms. The minimum atomic E-state index is -0.802. The molecule has 0 amide bonds. The van der Waals surface area contributed by atoms with Crippen molar-refractivity contribution in [2.24, 2.45) is 0 Å². The van der Waals surface area contributed by atoms with Crippen molar-refractivity contribution in [1.82, 2.24) is 0 Å². The van der Waals surface area contributed by atoms with Gasteiger partial charge in [0.1, 0.15) is 11.5 Å². The summed E-state index contributed by atoms with van der Waals surface area (Å²) in [5, 5.41) is 6.22. The van der Waals surface area contributed by atoms with Crippen LogP contribution in [0.25, 0.3) is 20.2 Å². The molecular formula is C112H81B3N8OS2. The van der Waals surface area contributed by atoms with E-state index in [0.29, 0.717) is 62.5 Å². The first-order valence-electron chi connectivity index (χ1n) is 46.1. The first-order valence-corrected chi connectivity index (χ1v) is 44.7. The normalized spacial score (nSPS) is 13.8. The third-order valence-corrected chi connectivity index (χ3v) is 28.4. The molecule has 0 fully saturated rings. The molecule has 8 heterocycles. The van der Waals surface area contributed by atoms with Crippen molar-refractivity contribution in [3.8, 4) is 11.5 Å². The van der Waals surface area contributed by atoms with E-state index in [2.05, 4.69) is 270 Å². The topological polar surface area (TPSA) is 43.9 Å². The van der Waals surface area contributed by atoms with Crippen LogP contribution in [0.2, 0.25) is 0 Å². The molecule has 126 heavy (non-hydrogen) atoms. The summed E-state index contributed by atoms with van der Waals surface area (Å²) in [6, 6.07) is 118. The molecule has 0 aliphatic carbocycles. The number of benzene rings is 17. The molecule has 2 aromatic heterocycles. The highest BCUT2D eigenvalue weighted by molar-refractivity contribution is 7.34. The highest BCUT2D eigenvalue weighted by Crippen LogP contribution is 2.56. The van der Waals surface area contributed by atoms with Gasteiger partial charge in [0, 0.05) is 133 Å². The van der Waals surface area contributed by atoms with Gasteiger partial charge >= 0.3 is 0 Å². The zero-order valence-electron chi connectivity index (χ0n) is 75.9. The predicted molar refractivity (Wildman–Crippen MR) is 539 cm³/mol. The fourth-order valence-corrected chi connectivity index (χ4v) is 23.8. The summed E-state index contributed by atoms with van der Waals surface area (Å²) in [5.74, 6) is 0.787. The van der Waals surface area contributed by atoms with Gasteiger partial charge in [-0.15, -0.1) is 22.7 Å². The molecule has 19 aromatic rings. The predicted octanol–water partition coefficient (Wildman–Crippen LogP) is 25.2. The number of thiophene rings is 2. The van der Waals surface area contributed by atoms with Crippen molar-refractivity contribution in [2.75, 3.05) is 39.6 Å². The standard InChI is InChI=1S/C112H81B3N8OS2/c1-69-55-71(3)107(72(4)56-69)122-94-67-92-88(114-104-93(116-92)59-83(117(75-35-15-7-16-36-75)76-37-17-8-18-38-76)60-96(104)120(81-47-27-13-28-48-81)109-86-51-31-33-53-102(86)125-111(109)114)65-89(94)113-91-66-90-95(68-100(91)124-101-64-85(63-99(122)106(101)113)119(79-43-23-11-24-44-79)80-45-25-12-26-46-80)123(108-73(5)57-70(2)58-74(108)6)98-62-84(118(77-39-19-9-20-40-77)78-41-21-10-22-42-78)61-97-105(98)115(90)112-110(87-52-32-34-54-103(87)126-112)121(97)82-49-29-14-30-50-82/h7-68,116H,1-6H3/i59D,60D,61D,62D,63D,64D. The van der Waals surface area contributed by atoms with Gasteiger partial charge in [-0.1, -0.05) is 230 Å². The van der Waals surface area contributed by atoms with Crippen LogP contribution in [0.5, 0.6) is 11.5 Å². The molecule has 596 valence electrons. The summed E-state index contributed by atoms with van der Waals surface area (Å²) < 4.78 is 81.6. The summed E-state index contributed by atoms with van der Waals surface area (Å²) in [7, 11) is 0. The number of hydrogen-bond donors (Lipinski definition) is 1. The van der Waals surface area contributed by atoms with Crippen LogP contribution in [0.15, 0.2) is 376 Å². The number of aryl methyl sites for hydroxylation is 6. The SMILES string of the molecule is [2H]c1c2c3c(c([2H])c1N(c1ccccc1)c1ccccc1)N(c1ccccc1)c1c(sc4ccccc14)B3c1cc3c(cc1N2)N(c1c(C)cc(C)cc1C)c1c([2H])c(N(c2ccccc2)c2ccccc2)c([2H])c2c1B3c1cc3c(cc1O2)N(c1c(C)cc(C)cc1C)c1c([2H])c(N(c2ccccc2)c2ccccc2)c([2H])c2c1B3c1sc3ccccc3c1N2c1ccccc1. The second-order valence-corrected chi connectivity index (χ2v) is 35.9. The number of hydrogen-bond acceptors (Lipinski definition) is 11. The Kier molecular flexibility index (Phi) is 15.5. The Balaban J connectivity index is 0.833. The zero-order valence-corrected chi connectivity index (χ0v) is 71.6. The van der Waals surface area contributed by atoms with E-state index in [1.165, 1.54) is 0 Å². The minimum Gasteiger partial charge on any atom is -0.458 e. The van der Waals surface area contributed by atoms with Gasteiger partial charge in [0.15, 0.2) is 0 Å². The Morgan fingerprint density at radius 2 is 0.619 bits per heavy atom. The number of nitrogens with zero attached hydrogens (tertiary/aromatic N) is 7. The molecule has 6 aliphatic rings. The molecule has 0 saturated heterocycles. The largest absolute Gasteiger partial charge is 0.458 e. The highest BCUT2D eigenvalue weighted by Gasteiger charge is 2.52. The van der Waals surface area contributed by atoms with Crippen LogP contribution in [0.4, 0.5) is 131 Å². The third kappa shape index (κ3) is 11.3. The van der Waals surface area contributed by atoms with Crippen molar-refractivity contribution < 1.29 is 13.0 Å². The summed E-state index contributed by atoms with van der Waals surface area (Å²) in [4.78, 5) is 15.5. The number of para-hydroxylation sites is 8. The van der Waals surface area contributed by atoms with E-state index in [-0.39, 0.29) is 36.3 Å². The van der Waals surface area contributed by atoms with Gasteiger partial charge in [-0.2, -0.15) is 0 Å². The number of anilines is 23. The molecule has 0 radical (unpaired) electrons. The lowest BCUT2D eigenvalue weighted by atomic mass is 9.30. The highest BCUT2D eigenvalue weighted by atomic mass is 32.1. The number of nitrogens with one attached hydrogen (secondary N) is 1. The molecule has 0 spiro atoms. The first kappa shape index (κ1) is 67.6. The van der Waals surface area contributed by atoms with Crippen LogP contribution >= 0.6 is 22.7 Å². The fourth-order valence-electron chi connectivity index (χ4n) is 21.2. The van der Waals surface area contributed by atoms with E-state index in [9.17, 15) is 8.22 Å². The zero-order chi connectivity index (χ0) is 89.1. The number of ether oxygens (including phenoxy) is 1. The Morgan fingerprint density at radius 3 is 1.06 bits per heavy atom. The van der Waals surface area contributed by atoms with Gasteiger partial charge in [0.25, 0.3) is 20.1 Å². The molecule has 9 nitrogen and oxygen atoms in total. The summed E-state index contributed by atoms with van der Waals surface area (Å²) in [6.07, 6.45) is 0. The van der Waals surface area contributed by atoms with E-state index < -0.39 is 20.1 Å². The first-order chi connectivity index (χ1) is 64.6. The summed E-state index contributed by atoms with van der Waals surface area (Å²) in [6.45, 7) is 10.9. The number of fused-ring (bicyclic) bond motifs is 16. The van der Waals surface area contributed by atoms with Crippen LogP contribution in [-0.4, -0.2) is 20.1 Å². The van der Waals surface area contributed by atoms with E-state index in [4.69, 9.17) is 4.74 Å². The third-order valence-electron chi connectivity index (χ3n) is 25.9. The van der Waals surface area contributed by atoms with Crippen LogP contribution < -0.4 is 92.1 Å². The van der Waals surface area contributed by atoms with Crippen LogP contribution in [0.3, 0.4) is 0 Å². The molecule has 1 N–H and O–H groups in total. The van der Waals surface area contributed by atoms with Gasteiger partial charge in [0.05, 0.1) is 48.0 Å². The maximum atomic E-state index is 11.8. The van der Waals surface area contributed by atoms with Crippen molar-refractivity contribution in [1.29, 1.82) is 0 Å². The average Bonchev–Trinajstić information content (AvgIpc) is 1.09. The van der Waals surface area contributed by atoms with Gasteiger partial charge in [-0.25, -0.2) is 0 Å². The Morgan fingerprint density at radius 1 is 0.278 bits per heavy atom. The maximum absolute atomic E-state index is 11.8. The number of rotatable bonds is 13. The lowest BCUT2D eigenvalue weighted by Gasteiger charge is -2.46. The van der Waals surface area contributed by atoms with Crippen LogP contribution in [0, 0.1) is 41.5 Å². The quantitative estimate of drug-likeness (QED) is 0.114. The van der Waals surface area contributed by atoms with Crippen molar-refractivity contribution >= 4 is 242 Å². The van der Waals surface area contributed by atoms with Crippen LogP contribution in [0.1, 0.15) is 41.6 Å². The van der Waals surface area contributed by atoms with E-state index in [1.807, 2.05) is 150 Å². The monoisotopic (exact) mass is 1660 g/mol. The molecule has 0 unspecified atom stereocenters. The van der Waals surface area contributed by atoms with E-state index >= 15 is 0 Å². The molecule has 17 aromatic carbocycles. The average molecular weight is 1660 g/mol. The lowest BCUT2D eigenvalue weighted by molar-refractivity contribution is 0.488. The molecular weight excluding hydrogens is 1570 g/mol. The molecule has 6 aliphatic heterocycles. The van der Waals surface area contributed by atoms with Gasteiger partial charge in [-0.05, 0) is 248 Å². The van der Waals surface area contributed by atoms with Crippen molar-refractivity contribution in [2.45, 2.75) is 41.5 Å². The maximum Gasteiger partial charge on any atom is 0.264 e. The smallest absolute Gasteiger partial charge is 0.264 e. The van der Waals surface area contributed by atoms with Crippen molar-refractivity contribution in [3.05, 3.63) is 409 Å². The Labute approximate surface area is 751 Å². The van der Waals surface area contributed by atoms with Gasteiger partial charge < -0.3 is 44.4 Å². The van der Waals surface area contributed by atoms with E-state index in [1.54, 1.807) is 22.7 Å². The minimum absolute atomic E-state index is 0.0204. The van der Waals surface area contributed by atoms with Gasteiger partial charge in [-0.3, -0.25) is 0 Å². The Bertz CT molecular complexity index is 7900. The Hall–Kier alpha value is -14.9. The fraction of sp³-hybridized carbons (Fsp3) is 0.0536. The molecule has 0 atom stereocenters. The molecule has 0 bridgehead atoms.